The van der Waals surface area contributed by atoms with E-state index < -0.39 is 0 Å². The molecule has 2 aromatic heterocycles. The van der Waals surface area contributed by atoms with E-state index in [-0.39, 0.29) is 11.8 Å². The van der Waals surface area contributed by atoms with Crippen LogP contribution in [-0.4, -0.2) is 39.8 Å². The quantitative estimate of drug-likeness (QED) is 0.700. The van der Waals surface area contributed by atoms with Gasteiger partial charge in [-0.25, -0.2) is 4.98 Å². The lowest BCUT2D eigenvalue weighted by atomic mass is 10.1. The smallest absolute Gasteiger partial charge is 0.276 e. The van der Waals surface area contributed by atoms with Crippen molar-refractivity contribution in [1.29, 1.82) is 0 Å². The molecule has 1 aromatic carbocycles. The highest BCUT2D eigenvalue weighted by Crippen LogP contribution is 2.29. The molecular weight excluding hydrogens is 388 g/mol. The van der Waals surface area contributed by atoms with Crippen LogP contribution in [-0.2, 0) is 13.0 Å². The zero-order valence-electron chi connectivity index (χ0n) is 15.9. The van der Waals surface area contributed by atoms with E-state index in [1.165, 1.54) is 11.3 Å². The van der Waals surface area contributed by atoms with Crippen LogP contribution in [0.4, 0.5) is 5.13 Å². The van der Waals surface area contributed by atoms with E-state index in [0.717, 1.165) is 16.3 Å². The van der Waals surface area contributed by atoms with Crippen LogP contribution in [0.2, 0.25) is 0 Å². The number of amides is 2. The van der Waals surface area contributed by atoms with Gasteiger partial charge >= 0.3 is 0 Å². The molecule has 7 nitrogen and oxygen atoms in total. The first-order chi connectivity index (χ1) is 14.1. The van der Waals surface area contributed by atoms with E-state index in [1.807, 2.05) is 19.1 Å². The number of rotatable bonds is 5. The van der Waals surface area contributed by atoms with Gasteiger partial charge in [-0.2, -0.15) is 0 Å². The Morgan fingerprint density at radius 1 is 1.21 bits per heavy atom. The van der Waals surface area contributed by atoms with E-state index in [0.29, 0.717) is 42.5 Å². The van der Waals surface area contributed by atoms with Gasteiger partial charge in [0.2, 0.25) is 0 Å². The number of anilines is 1. The zero-order chi connectivity index (χ0) is 20.2. The molecule has 29 heavy (non-hydrogen) atoms. The highest BCUT2D eigenvalue weighted by molar-refractivity contribution is 7.15. The molecule has 0 saturated heterocycles. The van der Waals surface area contributed by atoms with E-state index in [9.17, 15) is 9.59 Å². The topological polar surface area (TPSA) is 84.4 Å². The largest absolute Gasteiger partial charge is 0.494 e. The number of hydrogen-bond acceptors (Lipinski definition) is 6. The molecule has 0 saturated carbocycles. The number of pyridine rings is 1. The van der Waals surface area contributed by atoms with Gasteiger partial charge in [-0.1, -0.05) is 17.4 Å². The van der Waals surface area contributed by atoms with Gasteiger partial charge in [-0.15, -0.1) is 0 Å². The van der Waals surface area contributed by atoms with Gasteiger partial charge in [0.1, 0.15) is 11.4 Å². The molecule has 1 aliphatic rings. The maximum Gasteiger partial charge on any atom is 0.276 e. The molecule has 1 N–H and O–H groups in total. The van der Waals surface area contributed by atoms with Crippen molar-refractivity contribution in [3.63, 3.8) is 0 Å². The van der Waals surface area contributed by atoms with E-state index in [4.69, 9.17) is 4.74 Å². The molecule has 3 heterocycles. The predicted octanol–water partition coefficient (Wildman–Crippen LogP) is 3.39. The van der Waals surface area contributed by atoms with Crippen LogP contribution in [0.15, 0.2) is 48.7 Å². The van der Waals surface area contributed by atoms with Crippen LogP contribution in [0.3, 0.4) is 0 Å². The minimum Gasteiger partial charge on any atom is -0.494 e. The van der Waals surface area contributed by atoms with Crippen LogP contribution in [0, 0.1) is 0 Å². The summed E-state index contributed by atoms with van der Waals surface area (Å²) in [5.74, 6) is 0.436. The fourth-order valence-corrected chi connectivity index (χ4v) is 4.14. The first kappa shape index (κ1) is 19.1. The number of benzene rings is 1. The van der Waals surface area contributed by atoms with Crippen LogP contribution in [0.25, 0.3) is 0 Å². The highest BCUT2D eigenvalue weighted by atomic mass is 32.1. The Bertz CT molecular complexity index is 1020. The Morgan fingerprint density at radius 2 is 2.03 bits per heavy atom. The Hall–Kier alpha value is -3.26. The molecule has 0 radical (unpaired) electrons. The molecule has 148 valence electrons. The van der Waals surface area contributed by atoms with Gasteiger partial charge in [-0.05, 0) is 43.3 Å². The third-order valence-corrected chi connectivity index (χ3v) is 5.55. The number of ether oxygens (including phenoxy) is 1. The minimum absolute atomic E-state index is 0.0221. The molecular formula is C21H20N4O3S. The molecule has 0 bridgehead atoms. The van der Waals surface area contributed by atoms with Crippen molar-refractivity contribution >= 4 is 28.3 Å². The Balaban J connectivity index is 1.43. The third kappa shape index (κ3) is 4.27. The molecule has 0 atom stereocenters. The summed E-state index contributed by atoms with van der Waals surface area (Å²) in [6.07, 6.45) is 2.24. The minimum atomic E-state index is -0.293. The number of carbonyl (C=O) groups excluding carboxylic acids is 2. The average molecular weight is 408 g/mol. The second-order valence-corrected chi connectivity index (χ2v) is 7.58. The molecule has 0 aliphatic carbocycles. The van der Waals surface area contributed by atoms with Crippen LogP contribution in [0.1, 0.15) is 38.3 Å². The Kier molecular flexibility index (Phi) is 5.53. The monoisotopic (exact) mass is 408 g/mol. The first-order valence-corrected chi connectivity index (χ1v) is 10.2. The van der Waals surface area contributed by atoms with Crippen molar-refractivity contribution in [2.75, 3.05) is 18.5 Å². The molecule has 0 spiro atoms. The first-order valence-electron chi connectivity index (χ1n) is 9.37. The van der Waals surface area contributed by atoms with Gasteiger partial charge in [0.05, 0.1) is 18.8 Å². The third-order valence-electron chi connectivity index (χ3n) is 4.55. The van der Waals surface area contributed by atoms with Crippen molar-refractivity contribution in [2.45, 2.75) is 19.9 Å². The number of thiazole rings is 1. The van der Waals surface area contributed by atoms with E-state index in [1.54, 1.807) is 41.4 Å². The second kappa shape index (κ2) is 8.40. The summed E-state index contributed by atoms with van der Waals surface area (Å²) >= 11 is 1.40. The van der Waals surface area contributed by atoms with E-state index in [2.05, 4.69) is 15.3 Å². The van der Waals surface area contributed by atoms with Gasteiger partial charge in [0.25, 0.3) is 11.8 Å². The standard InChI is InChI=1S/C21H20N4O3S/c1-2-28-15-8-6-14(7-9-15)20(27)25-12-10-16-18(13-25)29-21(23-16)24-19(26)17-5-3-4-11-22-17/h3-9,11H,2,10,12-13H2,1H3,(H,23,24,26). The summed E-state index contributed by atoms with van der Waals surface area (Å²) in [7, 11) is 0. The van der Waals surface area contributed by atoms with Gasteiger partial charge in [0.15, 0.2) is 5.13 Å². The van der Waals surface area contributed by atoms with Crippen molar-refractivity contribution in [2.24, 2.45) is 0 Å². The van der Waals surface area contributed by atoms with Crippen LogP contribution >= 0.6 is 11.3 Å². The second-order valence-electron chi connectivity index (χ2n) is 6.49. The lowest BCUT2D eigenvalue weighted by molar-refractivity contribution is 0.0736. The lowest BCUT2D eigenvalue weighted by Crippen LogP contribution is -2.35. The molecule has 0 unspecified atom stereocenters. The van der Waals surface area contributed by atoms with Gasteiger partial charge in [0, 0.05) is 29.6 Å². The maximum atomic E-state index is 12.8. The van der Waals surface area contributed by atoms with Crippen LogP contribution in [0.5, 0.6) is 5.75 Å². The number of fused-ring (bicyclic) bond motifs is 1. The van der Waals surface area contributed by atoms with Crippen LogP contribution < -0.4 is 10.1 Å². The molecule has 2 amide bonds. The summed E-state index contributed by atoms with van der Waals surface area (Å²) in [5.41, 5.74) is 1.90. The van der Waals surface area contributed by atoms with Gasteiger partial charge < -0.3 is 9.64 Å². The maximum absolute atomic E-state index is 12.8. The molecule has 8 heteroatoms. The number of hydrogen-bond donors (Lipinski definition) is 1. The fourth-order valence-electron chi connectivity index (χ4n) is 3.12. The molecule has 4 rings (SSSR count). The Labute approximate surface area is 172 Å². The molecule has 0 fully saturated rings. The Morgan fingerprint density at radius 3 is 2.76 bits per heavy atom. The summed E-state index contributed by atoms with van der Waals surface area (Å²) in [5, 5.41) is 3.33. The summed E-state index contributed by atoms with van der Waals surface area (Å²) < 4.78 is 5.43. The van der Waals surface area contributed by atoms with Gasteiger partial charge in [-0.3, -0.25) is 19.9 Å². The lowest BCUT2D eigenvalue weighted by Gasteiger charge is -2.26. The number of aromatic nitrogens is 2. The predicted molar refractivity (Wildman–Crippen MR) is 110 cm³/mol. The number of nitrogens with one attached hydrogen (secondary N) is 1. The molecule has 1 aliphatic heterocycles. The zero-order valence-corrected chi connectivity index (χ0v) is 16.7. The summed E-state index contributed by atoms with van der Waals surface area (Å²) in [6, 6.07) is 12.4. The average Bonchev–Trinajstić information content (AvgIpc) is 3.16. The van der Waals surface area contributed by atoms with Crippen molar-refractivity contribution in [3.8, 4) is 5.75 Å². The molecule has 3 aromatic rings. The van der Waals surface area contributed by atoms with Crippen molar-refractivity contribution in [3.05, 3.63) is 70.5 Å². The van der Waals surface area contributed by atoms with Crippen molar-refractivity contribution in [1.82, 2.24) is 14.9 Å². The SMILES string of the molecule is CCOc1ccc(C(=O)N2CCc3nc(NC(=O)c4ccccn4)sc3C2)cc1. The summed E-state index contributed by atoms with van der Waals surface area (Å²) in [6.45, 7) is 3.59. The fraction of sp³-hybridized carbons (Fsp3) is 0.238. The normalized spacial score (nSPS) is 12.9. The number of carbonyl (C=O) groups is 2. The highest BCUT2D eigenvalue weighted by Gasteiger charge is 2.25. The van der Waals surface area contributed by atoms with Crippen molar-refractivity contribution < 1.29 is 14.3 Å². The van der Waals surface area contributed by atoms with E-state index >= 15 is 0 Å². The number of nitrogens with zero attached hydrogens (tertiary/aromatic N) is 3. The summed E-state index contributed by atoms with van der Waals surface area (Å²) in [4.78, 5) is 36.5.